The van der Waals surface area contributed by atoms with Crippen LogP contribution in [0.3, 0.4) is 0 Å². The summed E-state index contributed by atoms with van der Waals surface area (Å²) in [5.74, 6) is 0.402. The minimum Gasteiger partial charge on any atom is -0.313 e. The molecule has 0 aromatic heterocycles. The predicted molar refractivity (Wildman–Crippen MR) is 74.3 cm³/mol. The van der Waals surface area contributed by atoms with E-state index >= 15 is 0 Å². The van der Waals surface area contributed by atoms with Gasteiger partial charge in [0.1, 0.15) is 5.82 Å². The van der Waals surface area contributed by atoms with Gasteiger partial charge >= 0.3 is 0 Å². The first-order valence-corrected chi connectivity index (χ1v) is 7.28. The summed E-state index contributed by atoms with van der Waals surface area (Å²) in [4.78, 5) is 0. The molecule has 1 aromatic rings. The molecule has 1 unspecified atom stereocenters. The Kier molecular flexibility index (Phi) is 5.18. The minimum atomic E-state index is -0.138. The molecule has 0 amide bonds. The zero-order valence-corrected chi connectivity index (χ0v) is 11.3. The number of unbranched alkanes of at least 4 members (excludes halogenated alkanes) is 2. The molecule has 100 valence electrons. The van der Waals surface area contributed by atoms with E-state index in [2.05, 4.69) is 12.2 Å². The molecule has 1 atom stereocenters. The summed E-state index contributed by atoms with van der Waals surface area (Å²) in [5, 5.41) is 3.60. The third-order valence-corrected chi connectivity index (χ3v) is 3.73. The van der Waals surface area contributed by atoms with Crippen molar-refractivity contribution in [3.8, 4) is 0 Å². The third-order valence-electron chi connectivity index (χ3n) is 3.73. The number of nitrogens with one attached hydrogen (secondary N) is 1. The Morgan fingerprint density at radius 2 is 1.94 bits per heavy atom. The summed E-state index contributed by atoms with van der Waals surface area (Å²) in [7, 11) is 0. The Balaban J connectivity index is 1.90. The lowest BCUT2D eigenvalue weighted by molar-refractivity contribution is 0.517. The fraction of sp³-hybridized carbons (Fsp3) is 0.625. The van der Waals surface area contributed by atoms with Gasteiger partial charge in [-0.3, -0.25) is 0 Å². The Morgan fingerprint density at radius 3 is 2.56 bits per heavy atom. The standard InChI is InChI=1S/C16H24FN/c1-2-3-4-5-14(12-18-16-10-11-16)13-6-8-15(17)9-7-13/h6-9,14,16,18H,2-5,10-12H2,1H3. The van der Waals surface area contributed by atoms with E-state index in [-0.39, 0.29) is 5.82 Å². The van der Waals surface area contributed by atoms with Gasteiger partial charge in [-0.2, -0.15) is 0 Å². The maximum absolute atomic E-state index is 13.0. The molecule has 1 fully saturated rings. The summed E-state index contributed by atoms with van der Waals surface area (Å²) in [6, 6.07) is 7.80. The molecule has 0 saturated heterocycles. The van der Waals surface area contributed by atoms with Crippen LogP contribution in [0, 0.1) is 5.82 Å². The maximum Gasteiger partial charge on any atom is 0.123 e. The highest BCUT2D eigenvalue weighted by Crippen LogP contribution is 2.25. The average molecular weight is 249 g/mol. The minimum absolute atomic E-state index is 0.138. The SMILES string of the molecule is CCCCCC(CNC1CC1)c1ccc(F)cc1. The van der Waals surface area contributed by atoms with Crippen molar-refractivity contribution in [3.05, 3.63) is 35.6 Å². The zero-order valence-electron chi connectivity index (χ0n) is 11.3. The summed E-state index contributed by atoms with van der Waals surface area (Å²) in [5.41, 5.74) is 1.28. The van der Waals surface area contributed by atoms with Crippen LogP contribution < -0.4 is 5.32 Å². The van der Waals surface area contributed by atoms with Crippen molar-refractivity contribution >= 4 is 0 Å². The van der Waals surface area contributed by atoms with Crippen LogP contribution in [0.1, 0.15) is 56.9 Å². The molecule has 2 heteroatoms. The quantitative estimate of drug-likeness (QED) is 0.679. The smallest absolute Gasteiger partial charge is 0.123 e. The predicted octanol–water partition coefficient (Wildman–Crippen LogP) is 4.24. The number of halogens is 1. The van der Waals surface area contributed by atoms with Crippen LogP contribution in [0.15, 0.2) is 24.3 Å². The van der Waals surface area contributed by atoms with E-state index in [0.29, 0.717) is 5.92 Å². The Morgan fingerprint density at radius 1 is 1.22 bits per heavy atom. The Labute approximate surface area is 110 Å². The van der Waals surface area contributed by atoms with Gasteiger partial charge in [-0.1, -0.05) is 38.3 Å². The van der Waals surface area contributed by atoms with Crippen molar-refractivity contribution in [2.45, 2.75) is 57.4 Å². The monoisotopic (exact) mass is 249 g/mol. The molecule has 1 saturated carbocycles. The van der Waals surface area contributed by atoms with E-state index in [4.69, 9.17) is 0 Å². The highest BCUT2D eigenvalue weighted by molar-refractivity contribution is 5.21. The first kappa shape index (κ1) is 13.5. The van der Waals surface area contributed by atoms with Gasteiger partial charge in [-0.25, -0.2) is 4.39 Å². The van der Waals surface area contributed by atoms with Crippen molar-refractivity contribution in [1.82, 2.24) is 5.32 Å². The molecular formula is C16H24FN. The van der Waals surface area contributed by atoms with Crippen molar-refractivity contribution in [3.63, 3.8) is 0 Å². The highest BCUT2D eigenvalue weighted by Gasteiger charge is 2.22. The molecule has 0 spiro atoms. The van der Waals surface area contributed by atoms with Crippen LogP contribution in [-0.4, -0.2) is 12.6 Å². The van der Waals surface area contributed by atoms with Crippen LogP contribution >= 0.6 is 0 Å². The summed E-state index contributed by atoms with van der Waals surface area (Å²) in [6.45, 7) is 3.27. The van der Waals surface area contributed by atoms with Gasteiger partial charge in [0.2, 0.25) is 0 Å². The van der Waals surface area contributed by atoms with E-state index in [9.17, 15) is 4.39 Å². The normalized spacial score (nSPS) is 16.8. The van der Waals surface area contributed by atoms with Crippen molar-refractivity contribution in [2.24, 2.45) is 0 Å². The van der Waals surface area contributed by atoms with Gasteiger partial charge in [0.25, 0.3) is 0 Å². The molecule has 1 aromatic carbocycles. The zero-order chi connectivity index (χ0) is 12.8. The van der Waals surface area contributed by atoms with Gasteiger partial charge < -0.3 is 5.32 Å². The van der Waals surface area contributed by atoms with E-state index in [1.54, 1.807) is 12.1 Å². The summed E-state index contributed by atoms with van der Waals surface area (Å²) < 4.78 is 13.0. The van der Waals surface area contributed by atoms with Gasteiger partial charge in [0.15, 0.2) is 0 Å². The van der Waals surface area contributed by atoms with Gasteiger partial charge in [0, 0.05) is 12.6 Å². The number of rotatable bonds is 8. The first-order chi connectivity index (χ1) is 8.79. The highest BCUT2D eigenvalue weighted by atomic mass is 19.1. The maximum atomic E-state index is 13.0. The molecule has 2 rings (SSSR count). The fourth-order valence-corrected chi connectivity index (χ4v) is 2.36. The van der Waals surface area contributed by atoms with Crippen molar-refractivity contribution in [1.29, 1.82) is 0 Å². The number of hydrogen-bond acceptors (Lipinski definition) is 1. The topological polar surface area (TPSA) is 12.0 Å². The molecular weight excluding hydrogens is 225 g/mol. The first-order valence-electron chi connectivity index (χ1n) is 7.28. The van der Waals surface area contributed by atoms with E-state index in [0.717, 1.165) is 12.6 Å². The lowest BCUT2D eigenvalue weighted by Crippen LogP contribution is -2.23. The second-order valence-electron chi connectivity index (χ2n) is 5.43. The molecule has 0 heterocycles. The van der Waals surface area contributed by atoms with Crippen LogP contribution in [0.4, 0.5) is 4.39 Å². The van der Waals surface area contributed by atoms with Crippen molar-refractivity contribution < 1.29 is 4.39 Å². The Hall–Kier alpha value is -0.890. The number of hydrogen-bond donors (Lipinski definition) is 1. The molecule has 1 aliphatic rings. The van der Waals surface area contributed by atoms with Crippen molar-refractivity contribution in [2.75, 3.05) is 6.54 Å². The third kappa shape index (κ3) is 4.41. The molecule has 0 radical (unpaired) electrons. The largest absolute Gasteiger partial charge is 0.313 e. The summed E-state index contributed by atoms with van der Waals surface area (Å²) in [6.07, 6.45) is 7.67. The molecule has 1 nitrogen and oxygen atoms in total. The molecule has 0 aliphatic heterocycles. The van der Waals surface area contributed by atoms with Gasteiger partial charge in [-0.15, -0.1) is 0 Å². The second-order valence-corrected chi connectivity index (χ2v) is 5.43. The molecule has 18 heavy (non-hydrogen) atoms. The van der Waals surface area contributed by atoms with E-state index in [1.165, 1.54) is 44.1 Å². The molecule has 0 bridgehead atoms. The van der Waals surface area contributed by atoms with Crippen LogP contribution in [0.2, 0.25) is 0 Å². The van der Waals surface area contributed by atoms with Gasteiger partial charge in [-0.05, 0) is 42.9 Å². The number of benzene rings is 1. The fourth-order valence-electron chi connectivity index (χ4n) is 2.36. The average Bonchev–Trinajstić information content (AvgIpc) is 3.19. The molecule has 1 N–H and O–H groups in total. The van der Waals surface area contributed by atoms with Gasteiger partial charge in [0.05, 0.1) is 0 Å². The second kappa shape index (κ2) is 6.89. The van der Waals surface area contributed by atoms with E-state index < -0.39 is 0 Å². The van der Waals surface area contributed by atoms with Crippen LogP contribution in [0.5, 0.6) is 0 Å². The van der Waals surface area contributed by atoms with E-state index in [1.807, 2.05) is 12.1 Å². The summed E-state index contributed by atoms with van der Waals surface area (Å²) >= 11 is 0. The lowest BCUT2D eigenvalue weighted by Gasteiger charge is -2.18. The van der Waals surface area contributed by atoms with Crippen LogP contribution in [-0.2, 0) is 0 Å². The lowest BCUT2D eigenvalue weighted by atomic mass is 9.93. The Bertz CT molecular complexity index is 343. The molecule has 1 aliphatic carbocycles. The van der Waals surface area contributed by atoms with Crippen LogP contribution in [0.25, 0.3) is 0 Å².